The quantitative estimate of drug-likeness (QED) is 0.708. The summed E-state index contributed by atoms with van der Waals surface area (Å²) in [5.74, 6) is 1.12. The Balaban J connectivity index is 2.55. The number of aromatic nitrogens is 1. The van der Waals surface area contributed by atoms with Crippen LogP contribution in [0.1, 0.15) is 0 Å². The monoisotopic (exact) mass is 259 g/mol. The summed E-state index contributed by atoms with van der Waals surface area (Å²) in [5, 5.41) is 1.14. The van der Waals surface area contributed by atoms with Crippen LogP contribution >= 0.6 is 0 Å². The minimum atomic E-state index is -0.0715. The predicted molar refractivity (Wildman–Crippen MR) is 72.1 cm³/mol. The van der Waals surface area contributed by atoms with Gasteiger partial charge in [0.05, 0.1) is 36.8 Å². The van der Waals surface area contributed by atoms with Crippen LogP contribution in [0.15, 0.2) is 33.7 Å². The molecule has 0 fully saturated rings. The molecule has 2 heterocycles. The largest absolute Gasteiger partial charge is 0.493 e. The molecule has 0 aliphatic heterocycles. The zero-order valence-electron chi connectivity index (χ0n) is 10.9. The van der Waals surface area contributed by atoms with Crippen molar-refractivity contribution in [2.24, 2.45) is 7.05 Å². The molecule has 1 aromatic carbocycles. The minimum absolute atomic E-state index is 0.0715. The van der Waals surface area contributed by atoms with Crippen molar-refractivity contribution >= 4 is 22.0 Å². The van der Waals surface area contributed by atoms with Crippen LogP contribution in [-0.4, -0.2) is 18.8 Å². The SMILES string of the molecule is COc1cc2c(=O)c3ccoc3n(C)c2cc1OC. The smallest absolute Gasteiger partial charge is 0.210 e. The molecule has 0 spiro atoms. The molecule has 0 aliphatic rings. The number of furan rings is 1. The van der Waals surface area contributed by atoms with E-state index in [1.807, 2.05) is 11.6 Å². The number of ether oxygens (including phenoxy) is 2. The van der Waals surface area contributed by atoms with Gasteiger partial charge in [-0.1, -0.05) is 0 Å². The number of pyridine rings is 1. The molecule has 98 valence electrons. The fourth-order valence-corrected chi connectivity index (χ4v) is 2.32. The summed E-state index contributed by atoms with van der Waals surface area (Å²) < 4.78 is 17.7. The second-order valence-corrected chi connectivity index (χ2v) is 4.25. The maximum Gasteiger partial charge on any atom is 0.210 e. The highest BCUT2D eigenvalue weighted by Crippen LogP contribution is 2.32. The molecule has 0 saturated carbocycles. The number of benzene rings is 1. The van der Waals surface area contributed by atoms with Gasteiger partial charge in [-0.15, -0.1) is 0 Å². The first-order valence-electron chi connectivity index (χ1n) is 5.79. The van der Waals surface area contributed by atoms with E-state index in [9.17, 15) is 4.79 Å². The van der Waals surface area contributed by atoms with Gasteiger partial charge in [0, 0.05) is 13.1 Å². The second-order valence-electron chi connectivity index (χ2n) is 4.25. The van der Waals surface area contributed by atoms with E-state index in [0.29, 0.717) is 28.0 Å². The summed E-state index contributed by atoms with van der Waals surface area (Å²) in [6.45, 7) is 0. The number of nitrogens with zero attached hydrogens (tertiary/aromatic N) is 1. The minimum Gasteiger partial charge on any atom is -0.493 e. The topological polar surface area (TPSA) is 53.6 Å². The van der Waals surface area contributed by atoms with Crippen molar-refractivity contribution in [2.75, 3.05) is 14.2 Å². The fraction of sp³-hybridized carbons (Fsp3) is 0.214. The Kier molecular flexibility index (Phi) is 2.48. The summed E-state index contributed by atoms with van der Waals surface area (Å²) in [7, 11) is 4.96. The van der Waals surface area contributed by atoms with Crippen molar-refractivity contribution in [1.29, 1.82) is 0 Å². The van der Waals surface area contributed by atoms with E-state index in [4.69, 9.17) is 13.9 Å². The van der Waals surface area contributed by atoms with Crippen LogP contribution < -0.4 is 14.9 Å². The van der Waals surface area contributed by atoms with Gasteiger partial charge in [0.15, 0.2) is 11.5 Å². The van der Waals surface area contributed by atoms with Gasteiger partial charge >= 0.3 is 0 Å². The Morgan fingerprint density at radius 2 is 1.79 bits per heavy atom. The summed E-state index contributed by atoms with van der Waals surface area (Å²) in [6.07, 6.45) is 1.51. The van der Waals surface area contributed by atoms with E-state index in [-0.39, 0.29) is 5.43 Å². The molecule has 0 aliphatic carbocycles. The van der Waals surface area contributed by atoms with Crippen LogP contribution in [0.25, 0.3) is 22.0 Å². The van der Waals surface area contributed by atoms with Gasteiger partial charge in [-0.2, -0.15) is 0 Å². The molecule has 5 heteroatoms. The molecule has 0 radical (unpaired) electrons. The van der Waals surface area contributed by atoms with E-state index >= 15 is 0 Å². The van der Waals surface area contributed by atoms with Gasteiger partial charge in [0.2, 0.25) is 11.1 Å². The van der Waals surface area contributed by atoms with Gasteiger partial charge < -0.3 is 18.5 Å². The highest BCUT2D eigenvalue weighted by molar-refractivity contribution is 5.93. The van der Waals surface area contributed by atoms with Crippen LogP contribution in [0, 0.1) is 0 Å². The van der Waals surface area contributed by atoms with Crippen molar-refractivity contribution in [3.8, 4) is 11.5 Å². The van der Waals surface area contributed by atoms with Crippen molar-refractivity contribution in [1.82, 2.24) is 4.57 Å². The maximum atomic E-state index is 12.4. The summed E-state index contributed by atoms with van der Waals surface area (Å²) >= 11 is 0. The lowest BCUT2D eigenvalue weighted by Gasteiger charge is -2.11. The molecule has 0 saturated heterocycles. The molecule has 2 aromatic heterocycles. The van der Waals surface area contributed by atoms with Gasteiger partial charge in [-0.25, -0.2) is 0 Å². The van der Waals surface area contributed by atoms with Crippen molar-refractivity contribution < 1.29 is 13.9 Å². The Morgan fingerprint density at radius 1 is 1.11 bits per heavy atom. The first-order chi connectivity index (χ1) is 9.17. The van der Waals surface area contributed by atoms with Gasteiger partial charge in [0.1, 0.15) is 0 Å². The Morgan fingerprint density at radius 3 is 2.47 bits per heavy atom. The summed E-state index contributed by atoms with van der Waals surface area (Å²) in [4.78, 5) is 12.4. The van der Waals surface area contributed by atoms with Crippen LogP contribution in [0.4, 0.5) is 0 Å². The zero-order valence-corrected chi connectivity index (χ0v) is 10.9. The molecule has 3 aromatic rings. The van der Waals surface area contributed by atoms with Crippen molar-refractivity contribution in [2.45, 2.75) is 0 Å². The number of fused-ring (bicyclic) bond motifs is 2. The molecule has 0 amide bonds. The zero-order chi connectivity index (χ0) is 13.6. The third-order valence-electron chi connectivity index (χ3n) is 3.30. The number of rotatable bonds is 2. The number of hydrogen-bond acceptors (Lipinski definition) is 4. The highest BCUT2D eigenvalue weighted by atomic mass is 16.5. The van der Waals surface area contributed by atoms with Crippen molar-refractivity contribution in [3.63, 3.8) is 0 Å². The summed E-state index contributed by atoms with van der Waals surface area (Å²) in [5.41, 5.74) is 1.22. The van der Waals surface area contributed by atoms with Gasteiger partial charge in [-0.3, -0.25) is 4.79 Å². The summed E-state index contributed by atoms with van der Waals surface area (Å²) in [6, 6.07) is 5.15. The normalized spacial score (nSPS) is 11.1. The lowest BCUT2D eigenvalue weighted by molar-refractivity contribution is 0.355. The third kappa shape index (κ3) is 1.51. The third-order valence-corrected chi connectivity index (χ3v) is 3.30. The maximum absolute atomic E-state index is 12.4. The Labute approximate surface area is 109 Å². The number of aryl methyl sites for hydroxylation is 1. The van der Waals surface area contributed by atoms with Crippen LogP contribution in [0.3, 0.4) is 0 Å². The molecule has 0 unspecified atom stereocenters. The molecule has 0 bridgehead atoms. The predicted octanol–water partition coefficient (Wildman–Crippen LogP) is 2.30. The van der Waals surface area contributed by atoms with Crippen molar-refractivity contribution in [3.05, 3.63) is 34.7 Å². The Hall–Kier alpha value is -2.43. The van der Waals surface area contributed by atoms with E-state index in [0.717, 1.165) is 5.52 Å². The van der Waals surface area contributed by atoms with Crippen LogP contribution in [-0.2, 0) is 7.05 Å². The van der Waals surface area contributed by atoms with E-state index in [1.54, 1.807) is 32.4 Å². The van der Waals surface area contributed by atoms with E-state index in [1.165, 1.54) is 6.26 Å². The van der Waals surface area contributed by atoms with Gasteiger partial charge in [-0.05, 0) is 12.1 Å². The lowest BCUT2D eigenvalue weighted by atomic mass is 10.1. The first kappa shape index (κ1) is 11.6. The van der Waals surface area contributed by atoms with E-state index < -0.39 is 0 Å². The highest BCUT2D eigenvalue weighted by Gasteiger charge is 2.14. The molecular weight excluding hydrogens is 246 g/mol. The Bertz CT molecular complexity index is 829. The average Bonchev–Trinajstić information content (AvgIpc) is 2.93. The molecule has 0 N–H and O–H groups in total. The lowest BCUT2D eigenvalue weighted by Crippen LogP contribution is -2.08. The van der Waals surface area contributed by atoms with Crippen LogP contribution in [0.5, 0.6) is 11.5 Å². The first-order valence-corrected chi connectivity index (χ1v) is 5.79. The number of hydrogen-bond donors (Lipinski definition) is 0. The molecule has 0 atom stereocenters. The molecule has 5 nitrogen and oxygen atoms in total. The fourth-order valence-electron chi connectivity index (χ4n) is 2.32. The van der Waals surface area contributed by atoms with E-state index in [2.05, 4.69) is 0 Å². The molecular formula is C14H13NO4. The molecule has 3 rings (SSSR count). The average molecular weight is 259 g/mol. The standard InChI is InChI=1S/C14H13NO4/c1-15-10-7-12(18-3)11(17-2)6-9(10)13(16)8-4-5-19-14(8)15/h4-7H,1-3H3. The van der Waals surface area contributed by atoms with Gasteiger partial charge in [0.25, 0.3) is 0 Å². The number of methoxy groups -OCH3 is 2. The second kappa shape index (κ2) is 4.05. The van der Waals surface area contributed by atoms with Crippen LogP contribution in [0.2, 0.25) is 0 Å². The molecule has 19 heavy (non-hydrogen) atoms.